The third kappa shape index (κ3) is 5.26. The van der Waals surface area contributed by atoms with Crippen molar-refractivity contribution < 1.29 is 9.32 Å². The first kappa shape index (κ1) is 16.7. The van der Waals surface area contributed by atoms with Crippen molar-refractivity contribution in [2.75, 3.05) is 6.54 Å². The molecule has 2 rings (SSSR count). The van der Waals surface area contributed by atoms with Crippen molar-refractivity contribution in [1.82, 2.24) is 15.5 Å². The number of carbonyl (C=O) groups excluding carboxylic acids is 1. The van der Waals surface area contributed by atoms with Gasteiger partial charge in [-0.2, -0.15) is 4.98 Å². The van der Waals surface area contributed by atoms with E-state index in [1.165, 1.54) is 0 Å². The van der Waals surface area contributed by atoms with E-state index in [0.29, 0.717) is 37.0 Å². The van der Waals surface area contributed by atoms with Gasteiger partial charge in [0.1, 0.15) is 0 Å². The zero-order valence-electron chi connectivity index (χ0n) is 12.8. The van der Waals surface area contributed by atoms with Crippen LogP contribution in [0.15, 0.2) is 33.3 Å². The summed E-state index contributed by atoms with van der Waals surface area (Å²) in [7, 11) is 0. The monoisotopic (exact) mass is 365 g/mol. The molecule has 0 aliphatic rings. The number of halogens is 1. The number of aromatic nitrogens is 2. The van der Waals surface area contributed by atoms with Gasteiger partial charge in [-0.05, 0) is 36.6 Å². The van der Waals surface area contributed by atoms with Gasteiger partial charge in [0.25, 0.3) is 0 Å². The van der Waals surface area contributed by atoms with Crippen molar-refractivity contribution in [3.05, 3.63) is 34.6 Å². The lowest BCUT2D eigenvalue weighted by molar-refractivity contribution is -0.121. The van der Waals surface area contributed by atoms with E-state index in [0.717, 1.165) is 16.5 Å². The molecular weight excluding hydrogens is 346 g/mol. The Morgan fingerprint density at radius 1 is 1.32 bits per heavy atom. The molecule has 1 aromatic heterocycles. The fraction of sp³-hybridized carbons (Fsp3) is 0.438. The lowest BCUT2D eigenvalue weighted by atomic mass is 10.1. The van der Waals surface area contributed by atoms with Crippen molar-refractivity contribution >= 4 is 21.8 Å². The maximum atomic E-state index is 11.7. The van der Waals surface area contributed by atoms with Gasteiger partial charge in [0.2, 0.25) is 17.6 Å². The van der Waals surface area contributed by atoms with Gasteiger partial charge < -0.3 is 9.84 Å². The molecule has 0 atom stereocenters. The standard InChI is InChI=1S/C16H20BrN3O2/c1-11(2)9-10-18-14(21)7-8-15-19-16(20-22-15)12-3-5-13(17)6-4-12/h3-6,11H,7-10H2,1-2H3,(H,18,21). The highest BCUT2D eigenvalue weighted by atomic mass is 79.9. The summed E-state index contributed by atoms with van der Waals surface area (Å²) in [5.41, 5.74) is 0.889. The fourth-order valence-corrected chi connectivity index (χ4v) is 2.15. The maximum Gasteiger partial charge on any atom is 0.227 e. The van der Waals surface area contributed by atoms with E-state index >= 15 is 0 Å². The van der Waals surface area contributed by atoms with Crippen LogP contribution in [0, 0.1) is 5.92 Å². The number of amides is 1. The van der Waals surface area contributed by atoms with E-state index in [4.69, 9.17) is 4.52 Å². The normalized spacial score (nSPS) is 10.9. The quantitative estimate of drug-likeness (QED) is 0.813. The van der Waals surface area contributed by atoms with Gasteiger partial charge in [-0.15, -0.1) is 0 Å². The van der Waals surface area contributed by atoms with Crippen LogP contribution in [-0.2, 0) is 11.2 Å². The predicted octanol–water partition coefficient (Wildman–Crippen LogP) is 3.59. The lowest BCUT2D eigenvalue weighted by Gasteiger charge is -2.05. The van der Waals surface area contributed by atoms with Crippen LogP contribution in [0.25, 0.3) is 11.4 Å². The SMILES string of the molecule is CC(C)CCNC(=O)CCc1nc(-c2ccc(Br)cc2)no1. The summed E-state index contributed by atoms with van der Waals surface area (Å²) in [4.78, 5) is 16.0. The van der Waals surface area contributed by atoms with Gasteiger partial charge in [-0.3, -0.25) is 4.79 Å². The first-order valence-electron chi connectivity index (χ1n) is 7.40. The molecule has 1 N–H and O–H groups in total. The van der Waals surface area contributed by atoms with Crippen LogP contribution in [0.2, 0.25) is 0 Å². The van der Waals surface area contributed by atoms with Crippen molar-refractivity contribution in [2.45, 2.75) is 33.1 Å². The number of nitrogens with zero attached hydrogens (tertiary/aromatic N) is 2. The van der Waals surface area contributed by atoms with Crippen LogP contribution in [0.1, 0.15) is 32.6 Å². The number of hydrogen-bond donors (Lipinski definition) is 1. The van der Waals surface area contributed by atoms with Gasteiger partial charge in [-0.25, -0.2) is 0 Å². The van der Waals surface area contributed by atoms with Crippen molar-refractivity contribution in [2.24, 2.45) is 5.92 Å². The summed E-state index contributed by atoms with van der Waals surface area (Å²) in [5, 5.41) is 6.84. The van der Waals surface area contributed by atoms with Crippen LogP contribution >= 0.6 is 15.9 Å². The third-order valence-electron chi connectivity index (χ3n) is 3.18. The second-order valence-electron chi connectivity index (χ2n) is 5.55. The van der Waals surface area contributed by atoms with E-state index in [1.54, 1.807) is 0 Å². The van der Waals surface area contributed by atoms with Crippen molar-refractivity contribution in [1.29, 1.82) is 0 Å². The smallest absolute Gasteiger partial charge is 0.227 e. The first-order valence-corrected chi connectivity index (χ1v) is 8.19. The molecule has 118 valence electrons. The molecule has 5 nitrogen and oxygen atoms in total. The van der Waals surface area contributed by atoms with Crippen LogP contribution in [0.5, 0.6) is 0 Å². The number of aryl methyl sites for hydroxylation is 1. The van der Waals surface area contributed by atoms with Gasteiger partial charge in [0, 0.05) is 29.4 Å². The average molecular weight is 366 g/mol. The third-order valence-corrected chi connectivity index (χ3v) is 3.71. The highest BCUT2D eigenvalue weighted by Crippen LogP contribution is 2.19. The molecule has 0 saturated carbocycles. The van der Waals surface area contributed by atoms with E-state index < -0.39 is 0 Å². The highest BCUT2D eigenvalue weighted by Gasteiger charge is 2.10. The van der Waals surface area contributed by atoms with Crippen LogP contribution in [-0.4, -0.2) is 22.6 Å². The minimum absolute atomic E-state index is 0.0176. The minimum atomic E-state index is 0.0176. The summed E-state index contributed by atoms with van der Waals surface area (Å²) in [5.74, 6) is 1.63. The van der Waals surface area contributed by atoms with Gasteiger partial charge in [0.05, 0.1) is 0 Å². The molecule has 0 unspecified atom stereocenters. The molecule has 1 aromatic carbocycles. The lowest BCUT2D eigenvalue weighted by Crippen LogP contribution is -2.25. The van der Waals surface area contributed by atoms with E-state index in [2.05, 4.69) is 45.2 Å². The highest BCUT2D eigenvalue weighted by molar-refractivity contribution is 9.10. The van der Waals surface area contributed by atoms with Gasteiger partial charge in [0.15, 0.2) is 0 Å². The molecule has 0 aliphatic heterocycles. The van der Waals surface area contributed by atoms with Crippen LogP contribution in [0.3, 0.4) is 0 Å². The molecule has 0 radical (unpaired) electrons. The van der Waals surface area contributed by atoms with Crippen LogP contribution < -0.4 is 5.32 Å². The Morgan fingerprint density at radius 2 is 2.05 bits per heavy atom. The molecule has 2 aromatic rings. The molecular formula is C16H20BrN3O2. The second kappa shape index (κ2) is 8.08. The van der Waals surface area contributed by atoms with Gasteiger partial charge >= 0.3 is 0 Å². The Labute approximate surface area is 138 Å². The van der Waals surface area contributed by atoms with E-state index in [1.807, 2.05) is 24.3 Å². The van der Waals surface area contributed by atoms with Gasteiger partial charge in [-0.1, -0.05) is 34.9 Å². The number of rotatable bonds is 7. The van der Waals surface area contributed by atoms with Crippen LogP contribution in [0.4, 0.5) is 0 Å². The molecule has 0 spiro atoms. The van der Waals surface area contributed by atoms with Crippen molar-refractivity contribution in [3.63, 3.8) is 0 Å². The van der Waals surface area contributed by atoms with E-state index in [9.17, 15) is 4.79 Å². The molecule has 22 heavy (non-hydrogen) atoms. The molecule has 1 heterocycles. The molecule has 0 fully saturated rings. The Hall–Kier alpha value is -1.69. The zero-order chi connectivity index (χ0) is 15.9. The summed E-state index contributed by atoms with van der Waals surface area (Å²) in [6.07, 6.45) is 1.80. The number of carbonyl (C=O) groups is 1. The number of hydrogen-bond acceptors (Lipinski definition) is 4. The largest absolute Gasteiger partial charge is 0.356 e. The number of benzene rings is 1. The Balaban J connectivity index is 1.82. The Bertz CT molecular complexity index is 608. The topological polar surface area (TPSA) is 68.0 Å². The second-order valence-corrected chi connectivity index (χ2v) is 6.47. The minimum Gasteiger partial charge on any atom is -0.356 e. The molecule has 0 aliphatic carbocycles. The molecule has 6 heteroatoms. The summed E-state index contributed by atoms with van der Waals surface area (Å²) in [6.45, 7) is 4.98. The maximum absolute atomic E-state index is 11.7. The first-order chi connectivity index (χ1) is 10.5. The zero-order valence-corrected chi connectivity index (χ0v) is 14.4. The van der Waals surface area contributed by atoms with Crippen molar-refractivity contribution in [3.8, 4) is 11.4 Å². The molecule has 1 amide bonds. The fourth-order valence-electron chi connectivity index (χ4n) is 1.88. The molecule has 0 bridgehead atoms. The molecule has 0 saturated heterocycles. The number of nitrogens with one attached hydrogen (secondary N) is 1. The predicted molar refractivity (Wildman–Crippen MR) is 88.2 cm³/mol. The summed E-state index contributed by atoms with van der Waals surface area (Å²) < 4.78 is 6.19. The Morgan fingerprint density at radius 3 is 2.73 bits per heavy atom. The average Bonchev–Trinajstić information content (AvgIpc) is 2.94. The Kier molecular flexibility index (Phi) is 6.12. The summed E-state index contributed by atoms with van der Waals surface area (Å²) >= 11 is 3.38. The summed E-state index contributed by atoms with van der Waals surface area (Å²) in [6, 6.07) is 7.68. The van der Waals surface area contributed by atoms with E-state index in [-0.39, 0.29) is 5.91 Å².